The second-order valence-corrected chi connectivity index (χ2v) is 9.83. The Balaban J connectivity index is 1.49. The van der Waals surface area contributed by atoms with E-state index >= 15 is 0 Å². The van der Waals surface area contributed by atoms with Crippen LogP contribution in [0.2, 0.25) is 0 Å². The third-order valence-corrected chi connectivity index (χ3v) is 7.12. The van der Waals surface area contributed by atoms with E-state index in [1.807, 2.05) is 0 Å². The van der Waals surface area contributed by atoms with Crippen LogP contribution < -0.4 is 9.47 Å². The first-order chi connectivity index (χ1) is 16.9. The second-order valence-electron chi connectivity index (χ2n) is 7.68. The van der Waals surface area contributed by atoms with Crippen LogP contribution in [-0.4, -0.2) is 66.8 Å². The summed E-state index contributed by atoms with van der Waals surface area (Å²) in [5.74, 6) is -0.320. The van der Waals surface area contributed by atoms with Crippen LogP contribution in [0.25, 0.3) is 6.08 Å². The van der Waals surface area contributed by atoms with Crippen LogP contribution in [-0.2, 0) is 20.9 Å². The van der Waals surface area contributed by atoms with E-state index in [4.69, 9.17) is 14.2 Å². The molecule has 0 aromatic heterocycles. The SMILES string of the molecule is COc1cc(/C=C2/SC(=O)N(CC(=O)N3CCOCC3)C2=O)cc(I)c1OCc1ccccc1F. The second kappa shape index (κ2) is 11.4. The number of ether oxygens (including phenoxy) is 3. The van der Waals surface area contributed by atoms with Crippen LogP contribution in [0.5, 0.6) is 11.5 Å². The molecule has 0 bridgehead atoms. The van der Waals surface area contributed by atoms with Crippen molar-refractivity contribution in [3.63, 3.8) is 0 Å². The highest BCUT2D eigenvalue weighted by Gasteiger charge is 2.37. The predicted octanol–water partition coefficient (Wildman–Crippen LogP) is 3.91. The Hall–Kier alpha value is -2.64. The van der Waals surface area contributed by atoms with Crippen molar-refractivity contribution in [1.29, 1.82) is 0 Å². The molecule has 2 saturated heterocycles. The van der Waals surface area contributed by atoms with E-state index in [2.05, 4.69) is 22.6 Å². The molecule has 2 aromatic carbocycles. The summed E-state index contributed by atoms with van der Waals surface area (Å²) in [5.41, 5.74) is 1.03. The number of carbonyl (C=O) groups is 3. The Morgan fingerprint density at radius 1 is 1.23 bits per heavy atom. The lowest BCUT2D eigenvalue weighted by molar-refractivity contribution is -0.139. The molecule has 0 radical (unpaired) electrons. The number of nitrogens with zero attached hydrogens (tertiary/aromatic N) is 2. The quantitative estimate of drug-likeness (QED) is 0.347. The van der Waals surface area contributed by atoms with E-state index in [1.54, 1.807) is 41.3 Å². The number of thioether (sulfide) groups is 1. The van der Waals surface area contributed by atoms with Crippen molar-refractivity contribution >= 4 is 57.5 Å². The summed E-state index contributed by atoms with van der Waals surface area (Å²) < 4.78 is 31.1. The summed E-state index contributed by atoms with van der Waals surface area (Å²) in [7, 11) is 1.48. The van der Waals surface area contributed by atoms with Crippen LogP contribution in [0.3, 0.4) is 0 Å². The molecule has 2 heterocycles. The van der Waals surface area contributed by atoms with Gasteiger partial charge in [0, 0.05) is 18.7 Å². The number of halogens is 2. The van der Waals surface area contributed by atoms with Crippen LogP contribution in [0.1, 0.15) is 11.1 Å². The Kier molecular flexibility index (Phi) is 8.29. The smallest absolute Gasteiger partial charge is 0.294 e. The molecule has 0 unspecified atom stereocenters. The zero-order valence-electron chi connectivity index (χ0n) is 18.8. The Morgan fingerprint density at radius 2 is 1.97 bits per heavy atom. The minimum atomic E-state index is -0.518. The lowest BCUT2D eigenvalue weighted by Crippen LogP contribution is -2.46. The molecule has 8 nitrogen and oxygen atoms in total. The summed E-state index contributed by atoms with van der Waals surface area (Å²) in [6.45, 7) is 1.48. The molecular weight excluding hydrogens is 590 g/mol. The Bertz CT molecular complexity index is 1180. The summed E-state index contributed by atoms with van der Waals surface area (Å²) in [4.78, 5) is 40.6. The standard InChI is InChI=1S/C24H22FIN2O6S/c1-32-19-11-15(10-18(26)22(19)34-14-16-4-2-3-5-17(16)25)12-20-23(30)28(24(31)35-20)13-21(29)27-6-8-33-9-7-27/h2-5,10-12H,6-9,13-14H2,1H3/b20-12+. The molecule has 2 aromatic rings. The van der Waals surface area contributed by atoms with Crippen molar-refractivity contribution in [3.8, 4) is 11.5 Å². The fraction of sp³-hybridized carbons (Fsp3) is 0.292. The number of hydrogen-bond acceptors (Lipinski definition) is 7. The molecule has 3 amide bonds. The van der Waals surface area contributed by atoms with Gasteiger partial charge in [-0.25, -0.2) is 4.39 Å². The van der Waals surface area contributed by atoms with Gasteiger partial charge in [-0.05, 0) is 64.2 Å². The maximum absolute atomic E-state index is 13.9. The summed E-state index contributed by atoms with van der Waals surface area (Å²) in [6, 6.07) is 9.79. The number of rotatable bonds is 7. The summed E-state index contributed by atoms with van der Waals surface area (Å²) in [5, 5.41) is -0.491. The van der Waals surface area contributed by atoms with E-state index in [-0.39, 0.29) is 29.8 Å². The van der Waals surface area contributed by atoms with E-state index in [1.165, 1.54) is 13.2 Å². The van der Waals surface area contributed by atoms with E-state index in [0.717, 1.165) is 16.7 Å². The lowest BCUT2D eigenvalue weighted by Gasteiger charge is -2.28. The molecule has 4 rings (SSSR count). The molecule has 0 N–H and O–H groups in total. The maximum Gasteiger partial charge on any atom is 0.294 e. The zero-order chi connectivity index (χ0) is 24.9. The number of morpholine rings is 1. The number of methoxy groups -OCH3 is 1. The van der Waals surface area contributed by atoms with E-state index < -0.39 is 11.1 Å². The van der Waals surface area contributed by atoms with Gasteiger partial charge in [0.25, 0.3) is 11.1 Å². The molecule has 11 heteroatoms. The number of imide groups is 1. The molecule has 2 fully saturated rings. The minimum absolute atomic E-state index is 0.0223. The highest BCUT2D eigenvalue weighted by atomic mass is 127. The van der Waals surface area contributed by atoms with Gasteiger partial charge < -0.3 is 19.1 Å². The van der Waals surface area contributed by atoms with Crippen molar-refractivity contribution in [3.05, 3.63) is 61.8 Å². The third kappa shape index (κ3) is 5.96. The van der Waals surface area contributed by atoms with Gasteiger partial charge in [-0.15, -0.1) is 0 Å². The molecule has 35 heavy (non-hydrogen) atoms. The normalized spacial score (nSPS) is 17.3. The first kappa shape index (κ1) is 25.5. The molecule has 0 saturated carbocycles. The van der Waals surface area contributed by atoms with Gasteiger partial charge in [0.15, 0.2) is 11.5 Å². The Labute approximate surface area is 219 Å². The van der Waals surface area contributed by atoms with Gasteiger partial charge in [0.05, 0.1) is 28.8 Å². The molecule has 2 aliphatic rings. The van der Waals surface area contributed by atoms with E-state index in [0.29, 0.717) is 52.5 Å². The van der Waals surface area contributed by atoms with Crippen molar-refractivity contribution in [2.24, 2.45) is 0 Å². The maximum atomic E-state index is 13.9. The van der Waals surface area contributed by atoms with E-state index in [9.17, 15) is 18.8 Å². The predicted molar refractivity (Wildman–Crippen MR) is 137 cm³/mol. The molecule has 0 spiro atoms. The number of hydrogen-bond donors (Lipinski definition) is 0. The average molecular weight is 612 g/mol. The van der Waals surface area contributed by atoms with Crippen LogP contribution in [0, 0.1) is 9.39 Å². The van der Waals surface area contributed by atoms with Crippen LogP contribution in [0.15, 0.2) is 41.3 Å². The van der Waals surface area contributed by atoms with Crippen molar-refractivity contribution in [2.45, 2.75) is 6.61 Å². The first-order valence-electron chi connectivity index (χ1n) is 10.7. The topological polar surface area (TPSA) is 85.4 Å². The van der Waals surface area contributed by atoms with Gasteiger partial charge in [0.1, 0.15) is 19.0 Å². The average Bonchev–Trinajstić information content (AvgIpc) is 3.11. The van der Waals surface area contributed by atoms with Gasteiger partial charge >= 0.3 is 0 Å². The summed E-state index contributed by atoms with van der Waals surface area (Å²) >= 11 is 2.85. The van der Waals surface area contributed by atoms with Gasteiger partial charge in [-0.1, -0.05) is 18.2 Å². The highest BCUT2D eigenvalue weighted by Crippen LogP contribution is 2.37. The molecule has 184 valence electrons. The zero-order valence-corrected chi connectivity index (χ0v) is 21.8. The Morgan fingerprint density at radius 3 is 2.69 bits per heavy atom. The lowest BCUT2D eigenvalue weighted by atomic mass is 10.1. The fourth-order valence-electron chi connectivity index (χ4n) is 3.56. The number of amides is 3. The fourth-order valence-corrected chi connectivity index (χ4v) is 5.18. The molecule has 2 aliphatic heterocycles. The monoisotopic (exact) mass is 612 g/mol. The van der Waals surface area contributed by atoms with Crippen LogP contribution >= 0.6 is 34.4 Å². The van der Waals surface area contributed by atoms with Crippen LogP contribution in [0.4, 0.5) is 9.18 Å². The highest BCUT2D eigenvalue weighted by molar-refractivity contribution is 14.1. The minimum Gasteiger partial charge on any atom is -0.493 e. The van der Waals surface area contributed by atoms with Crippen molar-refractivity contribution in [2.75, 3.05) is 40.0 Å². The first-order valence-corrected chi connectivity index (χ1v) is 12.6. The largest absolute Gasteiger partial charge is 0.493 e. The van der Waals surface area contributed by atoms with Crippen molar-refractivity contribution < 1.29 is 33.0 Å². The molecule has 0 atom stereocenters. The van der Waals surface area contributed by atoms with Gasteiger partial charge in [0.2, 0.25) is 5.91 Å². The summed E-state index contributed by atoms with van der Waals surface area (Å²) in [6.07, 6.45) is 1.58. The number of benzene rings is 2. The molecular formula is C24H22FIN2O6S. The van der Waals surface area contributed by atoms with Crippen molar-refractivity contribution in [1.82, 2.24) is 9.80 Å². The molecule has 0 aliphatic carbocycles. The third-order valence-electron chi connectivity index (χ3n) is 5.41. The van der Waals surface area contributed by atoms with Gasteiger partial charge in [-0.2, -0.15) is 0 Å². The number of carbonyl (C=O) groups excluding carboxylic acids is 3. The van der Waals surface area contributed by atoms with Gasteiger partial charge in [-0.3, -0.25) is 19.3 Å².